The highest BCUT2D eigenvalue weighted by Crippen LogP contribution is 2.41. The summed E-state index contributed by atoms with van der Waals surface area (Å²) >= 11 is 6.05. The predicted octanol–water partition coefficient (Wildman–Crippen LogP) is 7.23. The zero-order valence-corrected chi connectivity index (χ0v) is 28.7. The standard InChI is InChI=1S/C32H37ClF3N6O6P/c1-4-8-25(30(43)45-16-20-9-6-7-10-24(20)32(34,35)36)41-49(48-22-13-11-21(33)12-14-22)46-17-23-15-19(3)29(47-23)42-18-38-26-27(42)39-31(37)40-28(26)44-5-2/h6-7,9-14,18-19,23,25,29,41H,4-5,8,15-17H2,1-3H3,(H2,37,39,40). The Morgan fingerprint density at radius 3 is 2.65 bits per heavy atom. The fourth-order valence-electron chi connectivity index (χ4n) is 5.35. The van der Waals surface area contributed by atoms with E-state index in [-0.39, 0.29) is 36.0 Å². The quantitative estimate of drug-likeness (QED) is 0.0946. The number of fused-ring (bicyclic) bond motifs is 1. The number of halogens is 4. The number of benzene rings is 2. The van der Waals surface area contributed by atoms with E-state index in [0.717, 1.165) is 6.07 Å². The Kier molecular flexibility index (Phi) is 12.2. The Morgan fingerprint density at radius 1 is 1.18 bits per heavy atom. The Hall–Kier alpha value is -3.75. The number of nitrogens with one attached hydrogen (secondary N) is 1. The first-order chi connectivity index (χ1) is 23.5. The van der Waals surface area contributed by atoms with Gasteiger partial charge in [-0.1, -0.05) is 50.1 Å². The molecule has 17 heteroatoms. The maximum absolute atomic E-state index is 13.5. The Morgan fingerprint density at radius 2 is 1.94 bits per heavy atom. The van der Waals surface area contributed by atoms with Crippen molar-refractivity contribution in [2.75, 3.05) is 18.9 Å². The van der Waals surface area contributed by atoms with Crippen LogP contribution in [0.2, 0.25) is 5.02 Å². The largest absolute Gasteiger partial charge is 0.476 e. The number of esters is 1. The summed E-state index contributed by atoms with van der Waals surface area (Å²) in [5, 5.41) is 3.60. The van der Waals surface area contributed by atoms with Crippen LogP contribution in [0.5, 0.6) is 11.6 Å². The van der Waals surface area contributed by atoms with Crippen molar-refractivity contribution in [2.24, 2.45) is 5.92 Å². The van der Waals surface area contributed by atoms with Crippen molar-refractivity contribution in [3.05, 3.63) is 71.0 Å². The SMILES string of the molecule is CCCC(NP(OCC1CC(C)C(n2cnc3c(OCC)nc(N)nc32)O1)Oc1ccc(Cl)cc1)C(=O)OCc1ccccc1C(F)(F)F. The molecule has 12 nitrogen and oxygen atoms in total. The van der Waals surface area contributed by atoms with Crippen molar-refractivity contribution < 1.29 is 41.2 Å². The molecule has 1 aliphatic heterocycles. The minimum Gasteiger partial charge on any atom is -0.476 e. The lowest BCUT2D eigenvalue weighted by atomic mass is 10.1. The van der Waals surface area contributed by atoms with Crippen molar-refractivity contribution >= 4 is 43.2 Å². The van der Waals surface area contributed by atoms with E-state index in [2.05, 4.69) is 20.0 Å². The highest BCUT2D eigenvalue weighted by Gasteiger charge is 2.37. The fraction of sp³-hybridized carbons (Fsp3) is 0.438. The molecule has 3 heterocycles. The fourth-order valence-corrected chi connectivity index (χ4v) is 6.76. The van der Waals surface area contributed by atoms with Gasteiger partial charge in [-0.15, -0.1) is 0 Å². The molecule has 4 aromatic rings. The van der Waals surface area contributed by atoms with Gasteiger partial charge in [-0.3, -0.25) is 9.36 Å². The normalized spacial score (nSPS) is 19.1. The van der Waals surface area contributed by atoms with Gasteiger partial charge < -0.3 is 29.0 Å². The summed E-state index contributed by atoms with van der Waals surface area (Å²) in [7, 11) is -1.98. The molecule has 0 bridgehead atoms. The van der Waals surface area contributed by atoms with Crippen LogP contribution in [0.15, 0.2) is 54.9 Å². The summed E-state index contributed by atoms with van der Waals surface area (Å²) in [4.78, 5) is 26.2. The number of nitrogen functional groups attached to an aromatic ring is 1. The molecular formula is C32H37ClF3N6O6P. The second-order valence-corrected chi connectivity index (χ2v) is 13.0. The number of anilines is 1. The molecule has 0 saturated carbocycles. The first-order valence-corrected chi connectivity index (χ1v) is 17.2. The monoisotopic (exact) mass is 724 g/mol. The number of alkyl halides is 3. The van der Waals surface area contributed by atoms with Crippen LogP contribution < -0.4 is 20.1 Å². The van der Waals surface area contributed by atoms with Crippen LogP contribution >= 0.6 is 20.1 Å². The maximum atomic E-state index is 13.5. The summed E-state index contributed by atoms with van der Waals surface area (Å²) in [5.41, 5.74) is 5.87. The van der Waals surface area contributed by atoms with Crippen molar-refractivity contribution in [3.63, 3.8) is 0 Å². The third-order valence-corrected chi connectivity index (χ3v) is 9.15. The number of rotatable bonds is 15. The van der Waals surface area contributed by atoms with Crippen molar-refractivity contribution in [1.82, 2.24) is 24.6 Å². The van der Waals surface area contributed by atoms with Crippen molar-refractivity contribution in [1.29, 1.82) is 0 Å². The number of aromatic nitrogens is 4. The molecule has 1 aliphatic rings. The van der Waals surface area contributed by atoms with Gasteiger partial charge in [0.15, 0.2) is 11.2 Å². The van der Waals surface area contributed by atoms with Gasteiger partial charge in [0, 0.05) is 16.5 Å². The number of nitrogens with two attached hydrogens (primary N) is 1. The van der Waals surface area contributed by atoms with E-state index < -0.39 is 45.1 Å². The molecule has 2 aromatic carbocycles. The first kappa shape index (κ1) is 36.5. The lowest BCUT2D eigenvalue weighted by Crippen LogP contribution is -2.36. The molecule has 49 heavy (non-hydrogen) atoms. The highest BCUT2D eigenvalue weighted by molar-refractivity contribution is 7.45. The van der Waals surface area contributed by atoms with Gasteiger partial charge >= 0.3 is 20.7 Å². The van der Waals surface area contributed by atoms with Gasteiger partial charge in [-0.05, 0) is 50.1 Å². The molecule has 5 unspecified atom stereocenters. The minimum atomic E-state index is -4.59. The van der Waals surface area contributed by atoms with Crippen LogP contribution in [-0.2, 0) is 31.6 Å². The second kappa shape index (κ2) is 16.3. The summed E-state index contributed by atoms with van der Waals surface area (Å²) < 4.78 is 72.0. The number of carbonyl (C=O) groups excluding carboxylic acids is 1. The van der Waals surface area contributed by atoms with E-state index in [4.69, 9.17) is 40.6 Å². The van der Waals surface area contributed by atoms with Gasteiger partial charge in [-0.25, -0.2) is 10.1 Å². The summed E-state index contributed by atoms with van der Waals surface area (Å²) in [6.45, 7) is 5.65. The van der Waals surface area contributed by atoms with Gasteiger partial charge in [0.2, 0.25) is 11.8 Å². The van der Waals surface area contributed by atoms with Crippen LogP contribution in [0, 0.1) is 5.92 Å². The van der Waals surface area contributed by atoms with Gasteiger partial charge in [0.25, 0.3) is 0 Å². The predicted molar refractivity (Wildman–Crippen MR) is 177 cm³/mol. The Bertz CT molecular complexity index is 1720. The van der Waals surface area contributed by atoms with Crippen LogP contribution in [0.4, 0.5) is 19.1 Å². The van der Waals surface area contributed by atoms with Gasteiger partial charge in [-0.2, -0.15) is 23.1 Å². The number of hydrogen-bond donors (Lipinski definition) is 2. The second-order valence-electron chi connectivity index (χ2n) is 11.3. The number of nitrogens with zero attached hydrogens (tertiary/aromatic N) is 4. The van der Waals surface area contributed by atoms with E-state index in [1.165, 1.54) is 18.2 Å². The molecular weight excluding hydrogens is 688 g/mol. The van der Waals surface area contributed by atoms with Crippen LogP contribution in [0.3, 0.4) is 0 Å². The molecule has 0 radical (unpaired) electrons. The van der Waals surface area contributed by atoms with E-state index >= 15 is 0 Å². The topological polar surface area (TPSA) is 145 Å². The molecule has 3 N–H and O–H groups in total. The summed E-state index contributed by atoms with van der Waals surface area (Å²) in [6.07, 6.45) is -2.30. The van der Waals surface area contributed by atoms with Gasteiger partial charge in [0.05, 0.1) is 31.2 Å². The molecule has 0 aliphatic carbocycles. The smallest absolute Gasteiger partial charge is 0.416 e. The lowest BCUT2D eigenvalue weighted by molar-refractivity contribution is -0.149. The molecule has 0 spiro atoms. The Balaban J connectivity index is 1.28. The molecule has 2 aromatic heterocycles. The number of carbonyl (C=O) groups is 1. The summed E-state index contributed by atoms with van der Waals surface area (Å²) in [6, 6.07) is 10.6. The van der Waals surface area contributed by atoms with E-state index in [1.807, 2.05) is 20.8 Å². The van der Waals surface area contributed by atoms with E-state index in [9.17, 15) is 18.0 Å². The number of hydrogen-bond acceptors (Lipinski definition) is 11. The first-order valence-electron chi connectivity index (χ1n) is 15.7. The number of imidazole rings is 1. The van der Waals surface area contributed by atoms with Crippen molar-refractivity contribution in [2.45, 2.75) is 71.2 Å². The number of ether oxygens (including phenoxy) is 3. The highest BCUT2D eigenvalue weighted by atomic mass is 35.5. The third-order valence-electron chi connectivity index (χ3n) is 7.61. The lowest BCUT2D eigenvalue weighted by Gasteiger charge is -2.25. The van der Waals surface area contributed by atoms with Crippen molar-refractivity contribution in [3.8, 4) is 11.6 Å². The van der Waals surface area contributed by atoms with E-state index in [1.54, 1.807) is 35.2 Å². The van der Waals surface area contributed by atoms with Gasteiger partial charge in [0.1, 0.15) is 24.6 Å². The molecule has 1 fully saturated rings. The maximum Gasteiger partial charge on any atom is 0.416 e. The van der Waals surface area contributed by atoms with Crippen LogP contribution in [-0.4, -0.2) is 50.8 Å². The zero-order chi connectivity index (χ0) is 35.1. The zero-order valence-electron chi connectivity index (χ0n) is 27.0. The van der Waals surface area contributed by atoms with E-state index in [0.29, 0.717) is 47.8 Å². The molecule has 5 atom stereocenters. The molecule has 1 saturated heterocycles. The molecule has 264 valence electrons. The molecule has 5 rings (SSSR count). The Labute approximate surface area is 287 Å². The van der Waals surface area contributed by atoms with Crippen LogP contribution in [0.25, 0.3) is 11.2 Å². The third kappa shape index (κ3) is 9.28. The summed E-state index contributed by atoms with van der Waals surface area (Å²) in [5.74, 6) is 0.0484. The van der Waals surface area contributed by atoms with Crippen LogP contribution in [0.1, 0.15) is 57.4 Å². The molecule has 0 amide bonds. The minimum absolute atomic E-state index is 0.0245. The average Bonchev–Trinajstić information content (AvgIpc) is 3.65. The average molecular weight is 725 g/mol.